The lowest BCUT2D eigenvalue weighted by Crippen LogP contribution is -2.08. The molecule has 0 aliphatic heterocycles. The molecule has 0 saturated heterocycles. The topological polar surface area (TPSA) is 35.5 Å². The molecule has 0 radical (unpaired) electrons. The number of hydrogen-bond donors (Lipinski definition) is 0. The van der Waals surface area contributed by atoms with Crippen LogP contribution >= 0.6 is 8.25 Å². The molecule has 0 rings (SSSR count). The molecule has 3 atom stereocenters. The second-order valence-electron chi connectivity index (χ2n) is 5.76. The largest absolute Gasteiger partial charge is 0.319 e. The van der Waals surface area contributed by atoms with Crippen LogP contribution in [0.5, 0.6) is 0 Å². The molecule has 0 spiro atoms. The summed E-state index contributed by atoms with van der Waals surface area (Å²) in [6.45, 7) is 9.14. The van der Waals surface area contributed by atoms with Crippen LogP contribution in [0.15, 0.2) is 0 Å². The Balaban J connectivity index is 3.69. The van der Waals surface area contributed by atoms with Gasteiger partial charge < -0.3 is 9.05 Å². The molecule has 122 valence electrons. The van der Waals surface area contributed by atoms with Crippen LogP contribution in [0.1, 0.15) is 85.5 Å². The summed E-state index contributed by atoms with van der Waals surface area (Å²) in [6, 6.07) is 0. The summed E-state index contributed by atoms with van der Waals surface area (Å²) >= 11 is 0. The Hall–Kier alpha value is 0.150. The summed E-state index contributed by atoms with van der Waals surface area (Å²) in [7, 11) is -2.31. The minimum absolute atomic E-state index is 0.0500. The highest BCUT2D eigenvalue weighted by Crippen LogP contribution is 2.29. The van der Waals surface area contributed by atoms with Gasteiger partial charge in [-0.3, -0.25) is 4.57 Å². The number of rotatable bonds is 14. The molecule has 0 aromatic carbocycles. The Morgan fingerprint density at radius 3 is 2.25 bits per heavy atom. The molecule has 0 fully saturated rings. The van der Waals surface area contributed by atoms with E-state index in [1.807, 2.05) is 6.92 Å². The highest BCUT2D eigenvalue weighted by Gasteiger charge is 2.11. The summed E-state index contributed by atoms with van der Waals surface area (Å²) in [5.74, 6) is 0.521. The minimum atomic E-state index is -2.31. The van der Waals surface area contributed by atoms with E-state index in [-0.39, 0.29) is 6.10 Å². The second-order valence-corrected chi connectivity index (χ2v) is 6.78. The van der Waals surface area contributed by atoms with Crippen LogP contribution in [0.25, 0.3) is 0 Å². The Kier molecular flexibility index (Phi) is 14.2. The normalized spacial score (nSPS) is 16.0. The molecular weight excluding hydrogens is 271 g/mol. The monoisotopic (exact) mass is 306 g/mol. The average Bonchev–Trinajstić information content (AvgIpc) is 2.44. The SMILES string of the molecule is CCCCCCC(C)O[PH](=O)OCC(CC)CCCC. The molecule has 0 N–H and O–H groups in total. The first kappa shape index (κ1) is 20.1. The summed E-state index contributed by atoms with van der Waals surface area (Å²) in [5, 5.41) is 0. The van der Waals surface area contributed by atoms with Gasteiger partial charge >= 0.3 is 8.25 Å². The van der Waals surface area contributed by atoms with E-state index in [2.05, 4.69) is 20.8 Å². The lowest BCUT2D eigenvalue weighted by atomic mass is 10.0. The van der Waals surface area contributed by atoms with E-state index in [4.69, 9.17) is 9.05 Å². The third kappa shape index (κ3) is 11.9. The van der Waals surface area contributed by atoms with E-state index in [0.29, 0.717) is 12.5 Å². The molecule has 4 heteroatoms. The van der Waals surface area contributed by atoms with Crippen LogP contribution in [-0.4, -0.2) is 12.7 Å². The first-order valence-corrected chi connectivity index (χ1v) is 9.69. The van der Waals surface area contributed by atoms with Crippen molar-refractivity contribution < 1.29 is 13.6 Å². The third-order valence-electron chi connectivity index (χ3n) is 3.74. The van der Waals surface area contributed by atoms with Gasteiger partial charge in [0.25, 0.3) is 0 Å². The van der Waals surface area contributed by atoms with Gasteiger partial charge in [-0.05, 0) is 25.7 Å². The van der Waals surface area contributed by atoms with Crippen molar-refractivity contribution >= 4 is 8.25 Å². The van der Waals surface area contributed by atoms with Crippen molar-refractivity contribution in [2.45, 2.75) is 91.6 Å². The van der Waals surface area contributed by atoms with Crippen molar-refractivity contribution in [3.05, 3.63) is 0 Å². The van der Waals surface area contributed by atoms with Crippen molar-refractivity contribution in [1.29, 1.82) is 0 Å². The van der Waals surface area contributed by atoms with Gasteiger partial charge in [-0.2, -0.15) is 0 Å². The highest BCUT2D eigenvalue weighted by atomic mass is 31.1. The first-order chi connectivity index (χ1) is 9.63. The standard InChI is InChI=1S/C16H35O3P/c1-5-8-10-11-12-15(4)19-20(17)18-14-16(7-3)13-9-6-2/h15-16,20H,5-14H2,1-4H3. The maximum atomic E-state index is 11.8. The average molecular weight is 306 g/mol. The predicted molar refractivity (Wildman–Crippen MR) is 87.6 cm³/mol. The van der Waals surface area contributed by atoms with Crippen molar-refractivity contribution in [3.63, 3.8) is 0 Å². The Bertz CT molecular complexity index is 234. The lowest BCUT2D eigenvalue weighted by Gasteiger charge is -2.16. The van der Waals surface area contributed by atoms with Crippen molar-refractivity contribution in [1.82, 2.24) is 0 Å². The molecule has 3 unspecified atom stereocenters. The molecule has 0 aliphatic rings. The fraction of sp³-hybridized carbons (Fsp3) is 1.00. The van der Waals surface area contributed by atoms with Gasteiger partial charge in [0.15, 0.2) is 0 Å². The zero-order valence-electron chi connectivity index (χ0n) is 14.0. The van der Waals surface area contributed by atoms with E-state index < -0.39 is 8.25 Å². The van der Waals surface area contributed by atoms with E-state index in [0.717, 1.165) is 25.7 Å². The second kappa shape index (κ2) is 14.1. The van der Waals surface area contributed by atoms with Crippen LogP contribution in [0.2, 0.25) is 0 Å². The van der Waals surface area contributed by atoms with Gasteiger partial charge in [0.1, 0.15) is 0 Å². The first-order valence-electron chi connectivity index (χ1n) is 8.47. The molecule has 0 aromatic heterocycles. The molecular formula is C16H35O3P. The zero-order chi connectivity index (χ0) is 15.2. The quantitative estimate of drug-likeness (QED) is 0.292. The van der Waals surface area contributed by atoms with Crippen molar-refractivity contribution in [2.24, 2.45) is 5.92 Å². The van der Waals surface area contributed by atoms with E-state index in [9.17, 15) is 4.57 Å². The summed E-state index contributed by atoms with van der Waals surface area (Å²) < 4.78 is 22.6. The third-order valence-corrected chi connectivity index (χ3v) is 4.74. The van der Waals surface area contributed by atoms with Gasteiger partial charge in [-0.15, -0.1) is 0 Å². The minimum Gasteiger partial charge on any atom is -0.310 e. The van der Waals surface area contributed by atoms with E-state index in [1.54, 1.807) is 0 Å². The molecule has 3 nitrogen and oxygen atoms in total. The van der Waals surface area contributed by atoms with E-state index in [1.165, 1.54) is 32.1 Å². The predicted octanol–water partition coefficient (Wildman–Crippen LogP) is 5.98. The molecule has 0 heterocycles. The molecule has 0 saturated carbocycles. The van der Waals surface area contributed by atoms with Crippen LogP contribution in [0, 0.1) is 5.92 Å². The Labute approximate surface area is 126 Å². The molecule has 0 aromatic rings. The zero-order valence-corrected chi connectivity index (χ0v) is 15.0. The van der Waals surface area contributed by atoms with E-state index >= 15 is 0 Å². The van der Waals surface area contributed by atoms with Crippen molar-refractivity contribution in [3.8, 4) is 0 Å². The van der Waals surface area contributed by atoms with Gasteiger partial charge in [0.2, 0.25) is 0 Å². The summed E-state index contributed by atoms with van der Waals surface area (Å²) in [6.07, 6.45) is 10.6. The Morgan fingerprint density at radius 1 is 0.950 bits per heavy atom. The molecule has 0 amide bonds. The molecule has 0 bridgehead atoms. The summed E-state index contributed by atoms with van der Waals surface area (Å²) in [4.78, 5) is 0. The van der Waals surface area contributed by atoms with Crippen LogP contribution in [-0.2, 0) is 13.6 Å². The smallest absolute Gasteiger partial charge is 0.310 e. The van der Waals surface area contributed by atoms with Crippen LogP contribution < -0.4 is 0 Å². The van der Waals surface area contributed by atoms with Crippen LogP contribution in [0.3, 0.4) is 0 Å². The highest BCUT2D eigenvalue weighted by molar-refractivity contribution is 7.33. The van der Waals surface area contributed by atoms with Crippen molar-refractivity contribution in [2.75, 3.05) is 6.61 Å². The lowest BCUT2D eigenvalue weighted by molar-refractivity contribution is 0.149. The van der Waals surface area contributed by atoms with Gasteiger partial charge in [0.05, 0.1) is 12.7 Å². The molecule has 20 heavy (non-hydrogen) atoms. The Morgan fingerprint density at radius 2 is 1.65 bits per heavy atom. The van der Waals surface area contributed by atoms with Crippen LogP contribution in [0.4, 0.5) is 0 Å². The summed E-state index contributed by atoms with van der Waals surface area (Å²) in [5.41, 5.74) is 0. The van der Waals surface area contributed by atoms with Gasteiger partial charge in [0, 0.05) is 0 Å². The maximum Gasteiger partial charge on any atom is 0.319 e. The number of unbranched alkanes of at least 4 members (excludes halogenated alkanes) is 4. The fourth-order valence-electron chi connectivity index (χ4n) is 2.20. The molecule has 0 aliphatic carbocycles. The fourth-order valence-corrected chi connectivity index (χ4v) is 3.09. The maximum absolute atomic E-state index is 11.8. The van der Waals surface area contributed by atoms with Gasteiger partial charge in [-0.1, -0.05) is 65.7 Å². The van der Waals surface area contributed by atoms with Gasteiger partial charge in [-0.25, -0.2) is 0 Å². The number of hydrogen-bond acceptors (Lipinski definition) is 3.